The normalized spacial score (nSPS) is 13.5. The fraction of sp³-hybridized carbons (Fsp3) is 0.250. The molecule has 2 rings (SSSR count). The molecule has 0 aliphatic rings. The van der Waals surface area contributed by atoms with Crippen LogP contribution in [0.25, 0.3) is 0 Å². The molecule has 2 atom stereocenters. The molecule has 2 aromatic rings. The van der Waals surface area contributed by atoms with Crippen LogP contribution in [0, 0.1) is 18.3 Å². The first kappa shape index (κ1) is 13.3. The molecule has 96 valence electrons. The zero-order valence-electron chi connectivity index (χ0n) is 11.2. The summed E-state index contributed by atoms with van der Waals surface area (Å²) >= 11 is 0. The summed E-state index contributed by atoms with van der Waals surface area (Å²) < 4.78 is 0. The average Bonchev–Trinajstić information content (AvgIpc) is 2.45. The number of nitriles is 1. The zero-order valence-corrected chi connectivity index (χ0v) is 11.2. The smallest absolute Gasteiger partial charge is 0.138 e. The SMILES string of the molecule is Cc1cccc([C@H](C#N)N[C@H](C)c2ccccc2)n1. The molecule has 0 saturated carbocycles. The molecule has 3 heteroatoms. The minimum atomic E-state index is -0.393. The maximum Gasteiger partial charge on any atom is 0.138 e. The lowest BCUT2D eigenvalue weighted by molar-refractivity contribution is 0.525. The van der Waals surface area contributed by atoms with Crippen molar-refractivity contribution in [2.45, 2.75) is 25.9 Å². The van der Waals surface area contributed by atoms with E-state index in [0.717, 1.165) is 17.0 Å². The Labute approximate surface area is 113 Å². The summed E-state index contributed by atoms with van der Waals surface area (Å²) in [5, 5.41) is 12.6. The predicted octanol–water partition coefficient (Wildman–Crippen LogP) is 3.31. The van der Waals surface area contributed by atoms with Crippen molar-refractivity contribution in [3.8, 4) is 6.07 Å². The van der Waals surface area contributed by atoms with Gasteiger partial charge in [-0.2, -0.15) is 5.26 Å². The Morgan fingerprint density at radius 3 is 2.47 bits per heavy atom. The van der Waals surface area contributed by atoms with Crippen molar-refractivity contribution in [2.24, 2.45) is 0 Å². The summed E-state index contributed by atoms with van der Waals surface area (Å²) in [5.74, 6) is 0. The second-order valence-electron chi connectivity index (χ2n) is 4.56. The van der Waals surface area contributed by atoms with E-state index < -0.39 is 6.04 Å². The Bertz CT molecular complexity index is 572. The second kappa shape index (κ2) is 6.12. The average molecular weight is 251 g/mol. The van der Waals surface area contributed by atoms with Gasteiger partial charge < -0.3 is 0 Å². The Balaban J connectivity index is 2.14. The zero-order chi connectivity index (χ0) is 13.7. The molecule has 0 spiro atoms. The molecule has 1 aromatic carbocycles. The molecular formula is C16H17N3. The summed E-state index contributed by atoms with van der Waals surface area (Å²) in [6.45, 7) is 3.98. The summed E-state index contributed by atoms with van der Waals surface area (Å²) in [6, 6.07) is 17.8. The number of hydrogen-bond donors (Lipinski definition) is 1. The molecule has 0 amide bonds. The van der Waals surface area contributed by atoms with Gasteiger partial charge in [0, 0.05) is 11.7 Å². The van der Waals surface area contributed by atoms with E-state index in [1.807, 2.05) is 43.3 Å². The van der Waals surface area contributed by atoms with E-state index in [9.17, 15) is 5.26 Å². The van der Waals surface area contributed by atoms with Crippen LogP contribution in [0.4, 0.5) is 0 Å². The second-order valence-corrected chi connectivity index (χ2v) is 4.56. The maximum absolute atomic E-state index is 9.31. The van der Waals surface area contributed by atoms with Crippen molar-refractivity contribution in [3.05, 3.63) is 65.5 Å². The van der Waals surface area contributed by atoms with Gasteiger partial charge in [0.15, 0.2) is 0 Å². The minimum absolute atomic E-state index is 0.105. The largest absolute Gasteiger partial charge is 0.290 e. The van der Waals surface area contributed by atoms with E-state index in [1.54, 1.807) is 0 Å². The van der Waals surface area contributed by atoms with Gasteiger partial charge in [0.2, 0.25) is 0 Å². The van der Waals surface area contributed by atoms with E-state index in [4.69, 9.17) is 0 Å². The number of nitrogens with zero attached hydrogens (tertiary/aromatic N) is 2. The molecular weight excluding hydrogens is 234 g/mol. The molecule has 0 unspecified atom stereocenters. The van der Waals surface area contributed by atoms with Gasteiger partial charge in [-0.25, -0.2) is 0 Å². The van der Waals surface area contributed by atoms with E-state index in [-0.39, 0.29) is 6.04 Å². The quantitative estimate of drug-likeness (QED) is 0.907. The van der Waals surface area contributed by atoms with Crippen LogP contribution in [0.5, 0.6) is 0 Å². The number of hydrogen-bond acceptors (Lipinski definition) is 3. The fourth-order valence-corrected chi connectivity index (χ4v) is 2.00. The first-order valence-electron chi connectivity index (χ1n) is 6.35. The maximum atomic E-state index is 9.31. The molecule has 0 fully saturated rings. The Morgan fingerprint density at radius 1 is 1.11 bits per heavy atom. The van der Waals surface area contributed by atoms with E-state index in [0.29, 0.717) is 0 Å². The molecule has 3 nitrogen and oxygen atoms in total. The van der Waals surface area contributed by atoms with Crippen molar-refractivity contribution in [1.29, 1.82) is 5.26 Å². The molecule has 0 radical (unpaired) electrons. The molecule has 1 aromatic heterocycles. The lowest BCUT2D eigenvalue weighted by Crippen LogP contribution is -2.24. The van der Waals surface area contributed by atoms with Crippen molar-refractivity contribution in [1.82, 2.24) is 10.3 Å². The molecule has 19 heavy (non-hydrogen) atoms. The first-order valence-corrected chi connectivity index (χ1v) is 6.35. The highest BCUT2D eigenvalue weighted by atomic mass is 15.0. The Kier molecular flexibility index (Phi) is 4.27. The van der Waals surface area contributed by atoms with Crippen molar-refractivity contribution >= 4 is 0 Å². The van der Waals surface area contributed by atoms with Gasteiger partial charge in [0.25, 0.3) is 0 Å². The van der Waals surface area contributed by atoms with Crippen LogP contribution in [0.2, 0.25) is 0 Å². The highest BCUT2D eigenvalue weighted by Gasteiger charge is 2.15. The van der Waals surface area contributed by atoms with Crippen LogP contribution >= 0.6 is 0 Å². The van der Waals surface area contributed by atoms with Crippen molar-refractivity contribution < 1.29 is 0 Å². The summed E-state index contributed by atoms with van der Waals surface area (Å²) in [7, 11) is 0. The highest BCUT2D eigenvalue weighted by molar-refractivity contribution is 5.22. The summed E-state index contributed by atoms with van der Waals surface area (Å²) in [6.07, 6.45) is 0. The van der Waals surface area contributed by atoms with Gasteiger partial charge in [0.1, 0.15) is 6.04 Å². The molecule has 1 heterocycles. The third-order valence-corrected chi connectivity index (χ3v) is 3.05. The van der Waals surface area contributed by atoms with Gasteiger partial charge >= 0.3 is 0 Å². The molecule has 1 N–H and O–H groups in total. The van der Waals surface area contributed by atoms with Crippen LogP contribution in [-0.4, -0.2) is 4.98 Å². The topological polar surface area (TPSA) is 48.7 Å². The van der Waals surface area contributed by atoms with Gasteiger partial charge in [0.05, 0.1) is 11.8 Å². The predicted molar refractivity (Wildman–Crippen MR) is 75.3 cm³/mol. The van der Waals surface area contributed by atoms with Gasteiger partial charge in [-0.3, -0.25) is 10.3 Å². The molecule has 0 bridgehead atoms. The van der Waals surface area contributed by atoms with Crippen LogP contribution in [-0.2, 0) is 0 Å². The van der Waals surface area contributed by atoms with Crippen molar-refractivity contribution in [2.75, 3.05) is 0 Å². The third-order valence-electron chi connectivity index (χ3n) is 3.05. The molecule has 0 aliphatic carbocycles. The van der Waals surface area contributed by atoms with Crippen molar-refractivity contribution in [3.63, 3.8) is 0 Å². The summed E-state index contributed by atoms with van der Waals surface area (Å²) in [5.41, 5.74) is 2.85. The van der Waals surface area contributed by atoms with E-state index >= 15 is 0 Å². The van der Waals surface area contributed by atoms with Gasteiger partial charge in [-0.1, -0.05) is 36.4 Å². The highest BCUT2D eigenvalue weighted by Crippen LogP contribution is 2.18. The minimum Gasteiger partial charge on any atom is -0.290 e. The third kappa shape index (κ3) is 3.40. The number of aromatic nitrogens is 1. The van der Waals surface area contributed by atoms with Crippen LogP contribution in [0.3, 0.4) is 0 Å². The number of benzene rings is 1. The molecule has 0 aliphatic heterocycles. The monoisotopic (exact) mass is 251 g/mol. The van der Waals surface area contributed by atoms with Gasteiger partial charge in [-0.05, 0) is 31.5 Å². The molecule has 0 saturated heterocycles. The van der Waals surface area contributed by atoms with E-state index in [2.05, 4.69) is 35.4 Å². The lowest BCUT2D eigenvalue weighted by atomic mass is 10.1. The number of nitrogens with one attached hydrogen (secondary N) is 1. The van der Waals surface area contributed by atoms with E-state index in [1.165, 1.54) is 0 Å². The number of aryl methyl sites for hydroxylation is 1. The standard InChI is InChI=1S/C16H17N3/c1-12-7-6-10-15(18-12)16(11-17)19-13(2)14-8-4-3-5-9-14/h3-10,13,16,19H,1-2H3/t13-,16+/m1/s1. The Morgan fingerprint density at radius 2 is 1.84 bits per heavy atom. The fourth-order valence-electron chi connectivity index (χ4n) is 2.00. The van der Waals surface area contributed by atoms with Crippen LogP contribution in [0.1, 0.15) is 36.0 Å². The van der Waals surface area contributed by atoms with Crippen LogP contribution in [0.15, 0.2) is 48.5 Å². The van der Waals surface area contributed by atoms with Gasteiger partial charge in [-0.15, -0.1) is 0 Å². The Hall–Kier alpha value is -2.18. The number of rotatable bonds is 4. The lowest BCUT2D eigenvalue weighted by Gasteiger charge is -2.18. The number of pyridine rings is 1. The van der Waals surface area contributed by atoms with Crippen LogP contribution < -0.4 is 5.32 Å². The first-order chi connectivity index (χ1) is 9.20. The summed E-state index contributed by atoms with van der Waals surface area (Å²) in [4.78, 5) is 4.41.